The first-order valence-corrected chi connectivity index (χ1v) is 6.94. The van der Waals surface area contributed by atoms with E-state index >= 15 is 0 Å². The fourth-order valence-corrected chi connectivity index (χ4v) is 2.63. The van der Waals surface area contributed by atoms with E-state index < -0.39 is 21.9 Å². The van der Waals surface area contributed by atoms with Crippen LogP contribution in [-0.4, -0.2) is 26.2 Å². The van der Waals surface area contributed by atoms with E-state index in [1.54, 1.807) is 13.8 Å². The molecular formula is C11H17FN2O3S. The predicted octanol–water partition coefficient (Wildman–Crippen LogP) is 0.703. The minimum atomic E-state index is -3.81. The highest BCUT2D eigenvalue weighted by atomic mass is 32.2. The van der Waals surface area contributed by atoms with Crippen LogP contribution in [0.1, 0.15) is 13.8 Å². The van der Waals surface area contributed by atoms with Crippen molar-refractivity contribution in [1.29, 1.82) is 0 Å². The average Bonchev–Trinajstić information content (AvgIpc) is 2.30. The van der Waals surface area contributed by atoms with Gasteiger partial charge in [0.1, 0.15) is 5.82 Å². The Kier molecular flexibility index (Phi) is 4.66. The van der Waals surface area contributed by atoms with Gasteiger partial charge in [0.2, 0.25) is 10.0 Å². The molecule has 0 aliphatic carbocycles. The van der Waals surface area contributed by atoms with Gasteiger partial charge in [-0.3, -0.25) is 0 Å². The highest BCUT2D eigenvalue weighted by molar-refractivity contribution is 7.89. The third kappa shape index (κ3) is 3.41. The second-order valence-electron chi connectivity index (χ2n) is 4.25. The topological polar surface area (TPSA) is 92.4 Å². The quantitative estimate of drug-likeness (QED) is 0.690. The summed E-state index contributed by atoms with van der Waals surface area (Å²) in [5.74, 6) is -1.01. The van der Waals surface area contributed by atoms with Crippen molar-refractivity contribution in [3.8, 4) is 0 Å². The number of benzene rings is 1. The fourth-order valence-electron chi connectivity index (χ4n) is 1.26. The maximum atomic E-state index is 13.2. The van der Waals surface area contributed by atoms with Crippen molar-refractivity contribution in [1.82, 2.24) is 4.72 Å². The van der Waals surface area contributed by atoms with Crippen LogP contribution in [0, 0.1) is 11.7 Å². The monoisotopic (exact) mass is 276 g/mol. The van der Waals surface area contributed by atoms with E-state index in [4.69, 9.17) is 10.8 Å². The van der Waals surface area contributed by atoms with E-state index in [9.17, 15) is 12.8 Å². The Morgan fingerprint density at radius 2 is 2.06 bits per heavy atom. The van der Waals surface area contributed by atoms with Gasteiger partial charge in [-0.05, 0) is 31.0 Å². The molecule has 102 valence electrons. The number of halogens is 1. The van der Waals surface area contributed by atoms with Crippen LogP contribution in [0.2, 0.25) is 0 Å². The summed E-state index contributed by atoms with van der Waals surface area (Å²) >= 11 is 0. The lowest BCUT2D eigenvalue weighted by molar-refractivity contribution is 0.216. The normalized spacial score (nSPS) is 15.3. The summed E-state index contributed by atoms with van der Waals surface area (Å²) in [7, 11) is -3.81. The number of nitrogens with one attached hydrogen (secondary N) is 1. The lowest BCUT2D eigenvalue weighted by atomic mass is 10.1. The van der Waals surface area contributed by atoms with Crippen LogP contribution in [0.4, 0.5) is 10.1 Å². The van der Waals surface area contributed by atoms with E-state index in [1.165, 1.54) is 12.1 Å². The van der Waals surface area contributed by atoms with E-state index in [1.807, 2.05) is 0 Å². The summed E-state index contributed by atoms with van der Waals surface area (Å²) in [5.41, 5.74) is 5.17. The number of hydrogen-bond acceptors (Lipinski definition) is 4. The molecule has 0 heterocycles. The minimum absolute atomic E-state index is 0.106. The molecule has 0 radical (unpaired) electrons. The van der Waals surface area contributed by atoms with Gasteiger partial charge in [0.25, 0.3) is 0 Å². The lowest BCUT2D eigenvalue weighted by Gasteiger charge is -2.19. The third-order valence-corrected chi connectivity index (χ3v) is 4.32. The Hall–Kier alpha value is -1.18. The van der Waals surface area contributed by atoms with E-state index in [-0.39, 0.29) is 23.1 Å². The zero-order valence-electron chi connectivity index (χ0n) is 10.2. The van der Waals surface area contributed by atoms with E-state index in [0.717, 1.165) is 6.07 Å². The molecule has 0 aliphatic heterocycles. The molecule has 1 aromatic rings. The number of nitrogens with two attached hydrogens (primary N) is 1. The van der Waals surface area contributed by atoms with Gasteiger partial charge in [0, 0.05) is 12.6 Å². The minimum Gasteiger partial charge on any atom is -0.396 e. The molecule has 0 amide bonds. The Balaban J connectivity index is 2.96. The molecule has 0 saturated carbocycles. The van der Waals surface area contributed by atoms with Gasteiger partial charge >= 0.3 is 0 Å². The van der Waals surface area contributed by atoms with Crippen LogP contribution in [0.15, 0.2) is 23.1 Å². The van der Waals surface area contributed by atoms with E-state index in [0.29, 0.717) is 0 Å². The van der Waals surface area contributed by atoms with Gasteiger partial charge in [-0.25, -0.2) is 17.5 Å². The van der Waals surface area contributed by atoms with Gasteiger partial charge in [-0.1, -0.05) is 6.92 Å². The van der Waals surface area contributed by atoms with Crippen molar-refractivity contribution in [2.45, 2.75) is 24.8 Å². The summed E-state index contributed by atoms with van der Waals surface area (Å²) in [6, 6.07) is 2.84. The molecule has 1 rings (SSSR count). The molecule has 1 aromatic carbocycles. The van der Waals surface area contributed by atoms with Crippen LogP contribution >= 0.6 is 0 Å². The predicted molar refractivity (Wildman–Crippen MR) is 66.8 cm³/mol. The van der Waals surface area contributed by atoms with Crippen LogP contribution < -0.4 is 10.5 Å². The summed E-state index contributed by atoms with van der Waals surface area (Å²) in [6.45, 7) is 3.20. The molecule has 0 spiro atoms. The summed E-state index contributed by atoms with van der Waals surface area (Å²) in [5, 5.41) is 8.94. The molecule has 5 nitrogen and oxygen atoms in total. The lowest BCUT2D eigenvalue weighted by Crippen LogP contribution is -2.38. The molecular weight excluding hydrogens is 259 g/mol. The van der Waals surface area contributed by atoms with Crippen LogP contribution in [0.5, 0.6) is 0 Å². The zero-order chi connectivity index (χ0) is 13.9. The smallest absolute Gasteiger partial charge is 0.240 e. The first kappa shape index (κ1) is 14.9. The van der Waals surface area contributed by atoms with Crippen molar-refractivity contribution >= 4 is 15.7 Å². The number of nitrogen functional groups attached to an aromatic ring is 1. The Morgan fingerprint density at radius 1 is 1.44 bits per heavy atom. The maximum absolute atomic E-state index is 13.2. The fraction of sp³-hybridized carbons (Fsp3) is 0.455. The second kappa shape index (κ2) is 5.64. The number of aliphatic hydroxyl groups is 1. The van der Waals surface area contributed by atoms with E-state index in [2.05, 4.69) is 4.72 Å². The standard InChI is InChI=1S/C11H17FN2O3S/c1-7(6-15)8(2)14-18(16,17)9-3-4-11(13)10(12)5-9/h3-5,7-8,14-15H,6,13H2,1-2H3. The van der Waals surface area contributed by atoms with Crippen LogP contribution in [0.25, 0.3) is 0 Å². The first-order chi connectivity index (χ1) is 8.27. The number of hydrogen-bond donors (Lipinski definition) is 3. The van der Waals surface area contributed by atoms with Crippen LogP contribution in [0.3, 0.4) is 0 Å². The third-order valence-electron chi connectivity index (χ3n) is 2.76. The van der Waals surface area contributed by atoms with Crippen molar-refractivity contribution in [2.24, 2.45) is 5.92 Å². The molecule has 18 heavy (non-hydrogen) atoms. The molecule has 2 unspecified atom stereocenters. The first-order valence-electron chi connectivity index (χ1n) is 5.46. The van der Waals surface area contributed by atoms with Gasteiger partial charge < -0.3 is 10.8 Å². The number of sulfonamides is 1. The number of anilines is 1. The van der Waals surface area contributed by atoms with Crippen molar-refractivity contribution in [3.63, 3.8) is 0 Å². The largest absolute Gasteiger partial charge is 0.396 e. The maximum Gasteiger partial charge on any atom is 0.240 e. The molecule has 2 atom stereocenters. The second-order valence-corrected chi connectivity index (χ2v) is 5.97. The summed E-state index contributed by atoms with van der Waals surface area (Å²) in [6.07, 6.45) is 0. The Labute approximate surface area is 106 Å². The van der Waals surface area contributed by atoms with Gasteiger partial charge in [-0.15, -0.1) is 0 Å². The molecule has 4 N–H and O–H groups in total. The highest BCUT2D eigenvalue weighted by Crippen LogP contribution is 2.17. The van der Waals surface area contributed by atoms with Gasteiger partial charge in [-0.2, -0.15) is 0 Å². The molecule has 0 fully saturated rings. The molecule has 0 saturated heterocycles. The number of aliphatic hydroxyl groups excluding tert-OH is 1. The Morgan fingerprint density at radius 3 is 2.56 bits per heavy atom. The van der Waals surface area contributed by atoms with Gasteiger partial charge in [0.15, 0.2) is 0 Å². The zero-order valence-corrected chi connectivity index (χ0v) is 11.0. The summed E-state index contributed by atoms with van der Waals surface area (Å²) < 4.78 is 39.4. The number of rotatable bonds is 5. The molecule has 7 heteroatoms. The van der Waals surface area contributed by atoms with Crippen molar-refractivity contribution in [2.75, 3.05) is 12.3 Å². The molecule has 0 bridgehead atoms. The van der Waals surface area contributed by atoms with Gasteiger partial charge in [0.05, 0.1) is 10.6 Å². The molecule has 0 aromatic heterocycles. The highest BCUT2D eigenvalue weighted by Gasteiger charge is 2.21. The van der Waals surface area contributed by atoms with Crippen LogP contribution in [-0.2, 0) is 10.0 Å². The average molecular weight is 276 g/mol. The van der Waals surface area contributed by atoms with Crippen molar-refractivity contribution in [3.05, 3.63) is 24.0 Å². The SMILES string of the molecule is CC(CO)C(C)NS(=O)(=O)c1ccc(N)c(F)c1. The Bertz CT molecular complexity index is 519. The molecule has 0 aliphatic rings. The summed E-state index contributed by atoms with van der Waals surface area (Å²) in [4.78, 5) is -0.189. The van der Waals surface area contributed by atoms with Crippen molar-refractivity contribution < 1.29 is 17.9 Å².